The monoisotopic (exact) mass is 287 g/mol. The maximum atomic E-state index is 12.2. The van der Waals surface area contributed by atoms with Crippen molar-refractivity contribution in [3.05, 3.63) is 51.7 Å². The number of hydrogen-bond acceptors (Lipinski definition) is 4. The number of carbonyl (C=O) groups excluding carboxylic acids is 2. The van der Waals surface area contributed by atoms with E-state index in [4.69, 9.17) is 0 Å². The van der Waals surface area contributed by atoms with Gasteiger partial charge in [0.2, 0.25) is 0 Å². The van der Waals surface area contributed by atoms with E-state index in [0.29, 0.717) is 16.1 Å². The zero-order valence-electron chi connectivity index (χ0n) is 10.8. The van der Waals surface area contributed by atoms with Gasteiger partial charge in [-0.15, -0.1) is 11.3 Å². The van der Waals surface area contributed by atoms with Crippen molar-refractivity contribution < 1.29 is 14.7 Å². The second-order valence-corrected chi connectivity index (χ2v) is 6.16. The minimum absolute atomic E-state index is 0.225. The molecule has 4 nitrogen and oxygen atoms in total. The quantitative estimate of drug-likeness (QED) is 0.852. The molecule has 0 saturated carbocycles. The van der Waals surface area contributed by atoms with Gasteiger partial charge in [0.05, 0.1) is 11.3 Å². The summed E-state index contributed by atoms with van der Waals surface area (Å²) in [5, 5.41) is 13.2. The van der Waals surface area contributed by atoms with Gasteiger partial charge in [0.15, 0.2) is 11.4 Å². The number of para-hydroxylation sites is 1. The first-order valence-electron chi connectivity index (χ1n) is 6.24. The van der Waals surface area contributed by atoms with Crippen LogP contribution < -0.4 is 5.32 Å². The van der Waals surface area contributed by atoms with E-state index in [1.807, 2.05) is 13.0 Å². The van der Waals surface area contributed by atoms with Gasteiger partial charge >= 0.3 is 0 Å². The molecule has 2 heterocycles. The van der Waals surface area contributed by atoms with Crippen molar-refractivity contribution in [2.45, 2.75) is 18.9 Å². The molecule has 1 atom stereocenters. The smallest absolute Gasteiger partial charge is 0.261 e. The SMILES string of the molecule is Cc1ccc(C(=O)C[C@]2(O)C(=O)Nc3ccccc32)s1. The molecule has 1 aromatic heterocycles. The van der Waals surface area contributed by atoms with Crippen molar-refractivity contribution >= 4 is 28.7 Å². The Labute approximate surface area is 120 Å². The van der Waals surface area contributed by atoms with Crippen molar-refractivity contribution in [3.8, 4) is 0 Å². The van der Waals surface area contributed by atoms with Crippen molar-refractivity contribution in [2.75, 3.05) is 5.32 Å². The number of ketones is 1. The molecule has 2 N–H and O–H groups in total. The van der Waals surface area contributed by atoms with E-state index >= 15 is 0 Å². The van der Waals surface area contributed by atoms with E-state index in [1.54, 1.807) is 30.3 Å². The van der Waals surface area contributed by atoms with Gasteiger partial charge in [-0.1, -0.05) is 18.2 Å². The third-order valence-corrected chi connectivity index (χ3v) is 4.47. The van der Waals surface area contributed by atoms with E-state index in [2.05, 4.69) is 5.32 Å². The molecular formula is C15H13NO3S. The van der Waals surface area contributed by atoms with Gasteiger partial charge in [-0.3, -0.25) is 9.59 Å². The summed E-state index contributed by atoms with van der Waals surface area (Å²) >= 11 is 1.37. The second kappa shape index (κ2) is 4.54. The van der Waals surface area contributed by atoms with Crippen molar-refractivity contribution in [3.63, 3.8) is 0 Å². The third-order valence-electron chi connectivity index (χ3n) is 3.43. The Morgan fingerprint density at radius 2 is 2.05 bits per heavy atom. The number of carbonyl (C=O) groups is 2. The van der Waals surface area contributed by atoms with Gasteiger partial charge in [-0.2, -0.15) is 0 Å². The molecule has 0 fully saturated rings. The van der Waals surface area contributed by atoms with E-state index in [-0.39, 0.29) is 12.2 Å². The van der Waals surface area contributed by atoms with E-state index in [9.17, 15) is 14.7 Å². The van der Waals surface area contributed by atoms with E-state index < -0.39 is 11.5 Å². The van der Waals surface area contributed by atoms with Gasteiger partial charge in [0.25, 0.3) is 5.91 Å². The molecular weight excluding hydrogens is 274 g/mol. The van der Waals surface area contributed by atoms with Gasteiger partial charge in [-0.25, -0.2) is 0 Å². The van der Waals surface area contributed by atoms with Crippen molar-refractivity contribution in [1.82, 2.24) is 0 Å². The van der Waals surface area contributed by atoms with Crippen LogP contribution in [0.4, 0.5) is 5.69 Å². The molecule has 0 aliphatic carbocycles. The first-order chi connectivity index (χ1) is 9.50. The maximum absolute atomic E-state index is 12.2. The van der Waals surface area contributed by atoms with Crippen LogP contribution in [0.1, 0.15) is 26.5 Å². The average molecular weight is 287 g/mol. The molecule has 1 aliphatic rings. The van der Waals surface area contributed by atoms with Crippen LogP contribution in [0, 0.1) is 6.92 Å². The molecule has 102 valence electrons. The molecule has 0 saturated heterocycles. The molecule has 1 amide bonds. The lowest BCUT2D eigenvalue weighted by Crippen LogP contribution is -2.36. The molecule has 0 spiro atoms. The number of amides is 1. The number of aryl methyl sites for hydroxylation is 1. The minimum Gasteiger partial charge on any atom is -0.375 e. The molecule has 2 aromatic rings. The highest BCUT2D eigenvalue weighted by Crippen LogP contribution is 2.39. The number of benzene rings is 1. The summed E-state index contributed by atoms with van der Waals surface area (Å²) in [6.45, 7) is 1.91. The fourth-order valence-electron chi connectivity index (χ4n) is 2.38. The maximum Gasteiger partial charge on any atom is 0.261 e. The Morgan fingerprint density at radius 1 is 1.30 bits per heavy atom. The Bertz CT molecular complexity index is 707. The number of nitrogens with one attached hydrogen (secondary N) is 1. The van der Waals surface area contributed by atoms with E-state index in [1.165, 1.54) is 11.3 Å². The molecule has 0 unspecified atom stereocenters. The predicted octanol–water partition coefficient (Wildman–Crippen LogP) is 2.47. The lowest BCUT2D eigenvalue weighted by Gasteiger charge is -2.19. The molecule has 3 rings (SSSR count). The summed E-state index contributed by atoms with van der Waals surface area (Å²) in [7, 11) is 0. The first-order valence-corrected chi connectivity index (χ1v) is 7.05. The predicted molar refractivity (Wildman–Crippen MR) is 77.0 cm³/mol. The van der Waals surface area contributed by atoms with Crippen LogP contribution in [0.2, 0.25) is 0 Å². The number of hydrogen-bond donors (Lipinski definition) is 2. The average Bonchev–Trinajstić information content (AvgIpc) is 2.94. The molecule has 20 heavy (non-hydrogen) atoms. The van der Waals surface area contributed by atoms with Gasteiger partial charge in [0.1, 0.15) is 0 Å². The fraction of sp³-hybridized carbons (Fsp3) is 0.200. The largest absolute Gasteiger partial charge is 0.375 e. The summed E-state index contributed by atoms with van der Waals surface area (Å²) in [5.41, 5.74) is -0.743. The summed E-state index contributed by atoms with van der Waals surface area (Å²) in [6, 6.07) is 10.5. The summed E-state index contributed by atoms with van der Waals surface area (Å²) in [4.78, 5) is 25.8. The van der Waals surface area contributed by atoms with Crippen molar-refractivity contribution in [1.29, 1.82) is 0 Å². The highest BCUT2D eigenvalue weighted by atomic mass is 32.1. The Morgan fingerprint density at radius 3 is 2.75 bits per heavy atom. The number of anilines is 1. The van der Waals surface area contributed by atoms with Crippen molar-refractivity contribution in [2.24, 2.45) is 0 Å². The highest BCUT2D eigenvalue weighted by Gasteiger charge is 2.46. The number of rotatable bonds is 3. The molecule has 0 bridgehead atoms. The Hall–Kier alpha value is -1.98. The normalized spacial score (nSPS) is 20.6. The van der Waals surface area contributed by atoms with Crippen LogP contribution in [0.15, 0.2) is 36.4 Å². The van der Waals surface area contributed by atoms with Gasteiger partial charge < -0.3 is 10.4 Å². The molecule has 1 aliphatic heterocycles. The minimum atomic E-state index is -1.77. The fourth-order valence-corrected chi connectivity index (χ4v) is 3.19. The first kappa shape index (κ1) is 13.0. The number of fused-ring (bicyclic) bond motifs is 1. The standard InChI is InChI=1S/C15H13NO3S/c1-9-6-7-13(20-9)12(17)8-15(19)10-4-2-3-5-11(10)16-14(15)18/h2-7,19H,8H2,1H3,(H,16,18)/t15-/m1/s1. The third kappa shape index (κ3) is 1.95. The summed E-state index contributed by atoms with van der Waals surface area (Å²) in [6.07, 6.45) is -0.240. The molecule has 0 radical (unpaired) electrons. The van der Waals surface area contributed by atoms with Crippen LogP contribution >= 0.6 is 11.3 Å². The number of aliphatic hydroxyl groups is 1. The van der Waals surface area contributed by atoms with Crippen LogP contribution in [0.25, 0.3) is 0 Å². The highest BCUT2D eigenvalue weighted by molar-refractivity contribution is 7.14. The summed E-state index contributed by atoms with van der Waals surface area (Å²) < 4.78 is 0. The Balaban J connectivity index is 1.93. The Kier molecular flexibility index (Phi) is 2.96. The molecule has 1 aromatic carbocycles. The number of Topliss-reactive ketones (excluding diaryl/α,β-unsaturated/α-hetero) is 1. The van der Waals surface area contributed by atoms with Crippen LogP contribution in [-0.2, 0) is 10.4 Å². The lowest BCUT2D eigenvalue weighted by atomic mass is 9.89. The van der Waals surface area contributed by atoms with Gasteiger partial charge in [0, 0.05) is 16.1 Å². The van der Waals surface area contributed by atoms with Crippen LogP contribution in [0.3, 0.4) is 0 Å². The summed E-state index contributed by atoms with van der Waals surface area (Å²) in [5.74, 6) is -0.766. The number of thiophene rings is 1. The zero-order valence-corrected chi connectivity index (χ0v) is 11.7. The molecule has 5 heteroatoms. The van der Waals surface area contributed by atoms with E-state index in [0.717, 1.165) is 4.88 Å². The van der Waals surface area contributed by atoms with Crippen LogP contribution in [-0.4, -0.2) is 16.8 Å². The van der Waals surface area contributed by atoms with Gasteiger partial charge in [-0.05, 0) is 25.1 Å². The lowest BCUT2D eigenvalue weighted by molar-refractivity contribution is -0.133. The van der Waals surface area contributed by atoms with Crippen LogP contribution in [0.5, 0.6) is 0 Å². The zero-order chi connectivity index (χ0) is 14.3. The topological polar surface area (TPSA) is 66.4 Å². The second-order valence-electron chi connectivity index (χ2n) is 4.87.